The van der Waals surface area contributed by atoms with Gasteiger partial charge in [0.05, 0.1) is 11.0 Å². The molecule has 4 atom stereocenters. The van der Waals surface area contributed by atoms with Gasteiger partial charge in [0.2, 0.25) is 0 Å². The van der Waals surface area contributed by atoms with Gasteiger partial charge in [-0.15, -0.1) is 0 Å². The maximum absolute atomic E-state index is 13.7. The van der Waals surface area contributed by atoms with E-state index < -0.39 is 0 Å². The van der Waals surface area contributed by atoms with Gasteiger partial charge >= 0.3 is 5.97 Å². The molecule has 0 radical (unpaired) electrons. The molecular weight excluding hydrogens is 847 g/mol. The van der Waals surface area contributed by atoms with Crippen molar-refractivity contribution >= 4 is 49.8 Å². The van der Waals surface area contributed by atoms with Crippen molar-refractivity contribution < 1.29 is 9.53 Å². The van der Waals surface area contributed by atoms with E-state index in [9.17, 15) is 14.4 Å². The second-order valence-corrected chi connectivity index (χ2v) is 18.9. The van der Waals surface area contributed by atoms with Gasteiger partial charge in [-0.3, -0.25) is 14.4 Å². The van der Waals surface area contributed by atoms with Crippen LogP contribution in [0.15, 0.2) is 149 Å². The molecule has 3 unspecified atom stereocenters. The normalized spacial score (nSPS) is 18.5. The van der Waals surface area contributed by atoms with Crippen molar-refractivity contribution in [2.24, 2.45) is 25.7 Å². The summed E-state index contributed by atoms with van der Waals surface area (Å²) < 4.78 is 13.4. The fourth-order valence-corrected chi connectivity index (χ4v) is 10.9. The minimum atomic E-state index is -0.151. The molecule has 0 spiro atoms. The van der Waals surface area contributed by atoms with Crippen LogP contribution in [0.25, 0.3) is 43.9 Å². The van der Waals surface area contributed by atoms with E-state index in [2.05, 4.69) is 39.5 Å². The molecule has 2 fully saturated rings. The van der Waals surface area contributed by atoms with Crippen LogP contribution in [-0.4, -0.2) is 40.2 Å². The monoisotopic (exact) mass is 905 g/mol. The van der Waals surface area contributed by atoms with E-state index >= 15 is 0 Å². The number of carbonyl (C=O) groups excluding carboxylic acids is 1. The number of rotatable bonds is 10. The molecule has 11 rings (SSSR count). The Kier molecular flexibility index (Phi) is 12.9. The molecule has 0 aliphatic heterocycles. The number of ether oxygens (including phenoxy) is 1. The van der Waals surface area contributed by atoms with Gasteiger partial charge in [-0.1, -0.05) is 140 Å². The second-order valence-electron chi connectivity index (χ2n) is 18.9. The SMILES string of the molecule is Cn1c(=O)c2c(nc(C3CCCC(CC(=O)OCc4ccccc4)C3)n2Cc2ccccc2)c2ccccc21.Cn1c(=O)c2c(nc(C3CCC[C@H](N)C3)n2Cc2ccccc2)c2ccccc21. The van der Waals surface area contributed by atoms with Crippen molar-refractivity contribution in [2.45, 2.75) is 95.4 Å². The fraction of sp³-hybridized carbons (Fsp3) is 0.316. The van der Waals surface area contributed by atoms with Crippen LogP contribution in [0.1, 0.15) is 98.0 Å². The highest BCUT2D eigenvalue weighted by Gasteiger charge is 2.31. The summed E-state index contributed by atoms with van der Waals surface area (Å²) in [5, 5.41) is 2.01. The number of carbonyl (C=O) groups is 1. The van der Waals surface area contributed by atoms with Crippen molar-refractivity contribution in [3.05, 3.63) is 189 Å². The van der Waals surface area contributed by atoms with Gasteiger partial charge in [-0.05, 0) is 73.3 Å². The van der Waals surface area contributed by atoms with E-state index in [0.717, 1.165) is 107 Å². The highest BCUT2D eigenvalue weighted by atomic mass is 16.5. The summed E-state index contributed by atoms with van der Waals surface area (Å²) in [6.45, 7) is 1.53. The molecule has 2 N–H and O–H groups in total. The molecule has 0 amide bonds. The number of nitrogens with two attached hydrogens (primary N) is 1. The highest BCUT2D eigenvalue weighted by Crippen LogP contribution is 2.40. The van der Waals surface area contributed by atoms with Crippen molar-refractivity contribution in [1.82, 2.24) is 28.2 Å². The Hall–Kier alpha value is -7.11. The Bertz CT molecular complexity index is 3360. The summed E-state index contributed by atoms with van der Waals surface area (Å²) >= 11 is 0. The van der Waals surface area contributed by atoms with E-state index in [-0.39, 0.29) is 35.0 Å². The van der Waals surface area contributed by atoms with Crippen LogP contribution >= 0.6 is 0 Å². The van der Waals surface area contributed by atoms with Gasteiger partial charge < -0.3 is 28.7 Å². The number of hydrogen-bond donors (Lipinski definition) is 1. The maximum atomic E-state index is 13.7. The first-order valence-corrected chi connectivity index (χ1v) is 24.2. The first kappa shape index (κ1) is 44.7. The summed E-state index contributed by atoms with van der Waals surface area (Å²) in [5.41, 5.74) is 14.3. The molecule has 5 aromatic carbocycles. The summed E-state index contributed by atoms with van der Waals surface area (Å²) in [5.74, 6) is 2.50. The van der Waals surface area contributed by atoms with Gasteiger partial charge in [-0.2, -0.15) is 0 Å². The lowest BCUT2D eigenvalue weighted by atomic mass is 9.79. The van der Waals surface area contributed by atoms with Crippen LogP contribution in [0.5, 0.6) is 0 Å². The third kappa shape index (κ3) is 9.02. The topological polar surface area (TPSA) is 132 Å². The Morgan fingerprint density at radius 1 is 0.574 bits per heavy atom. The molecule has 4 heterocycles. The van der Waals surface area contributed by atoms with E-state index in [1.165, 1.54) is 5.56 Å². The summed E-state index contributed by atoms with van der Waals surface area (Å²) in [6, 6.07) is 46.6. The van der Waals surface area contributed by atoms with E-state index in [0.29, 0.717) is 43.1 Å². The smallest absolute Gasteiger partial charge is 0.306 e. The molecule has 2 saturated carbocycles. The lowest BCUT2D eigenvalue weighted by molar-refractivity contribution is -0.146. The Labute approximate surface area is 395 Å². The molecule has 9 aromatic rings. The number of nitrogens with zero attached hydrogens (tertiary/aromatic N) is 6. The Morgan fingerprint density at radius 3 is 1.51 bits per heavy atom. The van der Waals surface area contributed by atoms with E-state index in [1.54, 1.807) is 9.13 Å². The zero-order valence-electron chi connectivity index (χ0n) is 39.0. The van der Waals surface area contributed by atoms with Crippen molar-refractivity contribution in [3.63, 3.8) is 0 Å². The lowest BCUT2D eigenvalue weighted by Crippen LogP contribution is -2.28. The van der Waals surface area contributed by atoms with E-state index in [1.807, 2.05) is 123 Å². The molecule has 2 aliphatic carbocycles. The zero-order valence-corrected chi connectivity index (χ0v) is 39.0. The predicted octanol–water partition coefficient (Wildman–Crippen LogP) is 10.3. The summed E-state index contributed by atoms with van der Waals surface area (Å²) in [6.07, 6.45) is 8.46. The molecule has 11 heteroatoms. The number of aryl methyl sites for hydroxylation is 2. The molecule has 0 saturated heterocycles. The highest BCUT2D eigenvalue weighted by molar-refractivity contribution is 6.03. The minimum absolute atomic E-state index is 0.00786. The number of hydrogen-bond acceptors (Lipinski definition) is 7. The van der Waals surface area contributed by atoms with Crippen LogP contribution in [0, 0.1) is 5.92 Å². The minimum Gasteiger partial charge on any atom is -0.461 e. The third-order valence-corrected chi connectivity index (χ3v) is 14.3. The van der Waals surface area contributed by atoms with E-state index in [4.69, 9.17) is 20.4 Å². The molecule has 0 bridgehead atoms. The number of aromatic nitrogens is 6. The molecule has 11 nitrogen and oxygen atoms in total. The van der Waals surface area contributed by atoms with Crippen molar-refractivity contribution in [1.29, 1.82) is 0 Å². The molecule has 2 aliphatic rings. The first-order chi connectivity index (χ1) is 33.2. The van der Waals surface area contributed by atoms with Crippen LogP contribution in [0.3, 0.4) is 0 Å². The van der Waals surface area contributed by atoms with Crippen LogP contribution in [0.4, 0.5) is 0 Å². The number of imidazole rings is 2. The molecular formula is C57H59N7O4. The molecule has 68 heavy (non-hydrogen) atoms. The maximum Gasteiger partial charge on any atom is 0.306 e. The van der Waals surface area contributed by atoms with Gasteiger partial charge in [-0.25, -0.2) is 9.97 Å². The fourth-order valence-electron chi connectivity index (χ4n) is 10.9. The van der Waals surface area contributed by atoms with Crippen molar-refractivity contribution in [3.8, 4) is 0 Å². The van der Waals surface area contributed by atoms with Gasteiger partial charge in [0.15, 0.2) is 0 Å². The average Bonchev–Trinajstić information content (AvgIpc) is 3.95. The first-order valence-electron chi connectivity index (χ1n) is 24.2. The summed E-state index contributed by atoms with van der Waals surface area (Å²) in [4.78, 5) is 50.1. The van der Waals surface area contributed by atoms with Crippen LogP contribution in [0.2, 0.25) is 0 Å². The summed E-state index contributed by atoms with van der Waals surface area (Å²) in [7, 11) is 3.68. The van der Waals surface area contributed by atoms with Crippen molar-refractivity contribution in [2.75, 3.05) is 0 Å². The third-order valence-electron chi connectivity index (χ3n) is 14.3. The largest absolute Gasteiger partial charge is 0.461 e. The standard InChI is InChI=1S/C33H33N3O3.C24H26N4O/c1-35-28-18-9-8-17-27(28)30-31(33(35)38)36(21-23-11-4-2-5-12-23)32(34-30)26-16-10-15-25(19-26)20-29(37)39-22-24-13-6-3-7-14-24;1-27-20-13-6-5-12-19(20)21-22(24(27)29)28(15-16-8-3-2-4-9-16)23(26-21)17-10-7-11-18(25)14-17/h2-9,11-14,17-18,25-26H,10,15-16,19-22H2,1H3;2-6,8-9,12-13,17-18H,7,10-11,14-15,25H2,1H3/t;17?,18-/m.0/s1. The number of benzene rings is 5. The quantitative estimate of drug-likeness (QED) is 0.135. The number of fused-ring (bicyclic) bond motifs is 6. The van der Waals surface area contributed by atoms with Gasteiger partial charge in [0, 0.05) is 62.3 Å². The van der Waals surface area contributed by atoms with Gasteiger partial charge in [0.1, 0.15) is 40.3 Å². The lowest BCUT2D eigenvalue weighted by Gasteiger charge is -2.28. The average molecular weight is 906 g/mol. The predicted molar refractivity (Wildman–Crippen MR) is 271 cm³/mol. The number of para-hydroxylation sites is 2. The molecule has 4 aromatic heterocycles. The molecule has 346 valence electrons. The number of pyridine rings is 2. The van der Waals surface area contributed by atoms with Crippen LogP contribution < -0.4 is 16.9 Å². The van der Waals surface area contributed by atoms with Crippen LogP contribution in [-0.2, 0) is 43.3 Å². The van der Waals surface area contributed by atoms with Gasteiger partial charge in [0.25, 0.3) is 11.1 Å². The second kappa shape index (κ2) is 19.6. The number of esters is 1. The Morgan fingerprint density at radius 2 is 1.01 bits per heavy atom. The Balaban J connectivity index is 0.000000165. The zero-order chi connectivity index (χ0) is 46.7.